The second-order valence-electron chi connectivity index (χ2n) is 2.14. The van der Waals surface area contributed by atoms with E-state index < -0.39 is 11.9 Å². The fourth-order valence-corrected chi connectivity index (χ4v) is 0. The van der Waals surface area contributed by atoms with Crippen molar-refractivity contribution in [3.8, 4) is 0 Å². The van der Waals surface area contributed by atoms with Gasteiger partial charge < -0.3 is 19.8 Å². The Morgan fingerprint density at radius 2 is 0.650 bits per heavy atom. The molecule has 0 radical (unpaired) electrons. The highest BCUT2D eigenvalue weighted by atomic mass is 16.4. The summed E-state index contributed by atoms with van der Waals surface area (Å²) in [6, 6.07) is 0. The van der Waals surface area contributed by atoms with Crippen LogP contribution >= 0.6 is 0 Å². The Labute approximate surface area is 123 Å². The van der Waals surface area contributed by atoms with Crippen molar-refractivity contribution in [3.05, 3.63) is 76.9 Å². The Kier molecular flexibility index (Phi) is 79.3. The molecule has 4 heteroatoms. The molecule has 0 amide bonds. The number of carbonyl (C=O) groups excluding carboxylic acids is 2. The van der Waals surface area contributed by atoms with Crippen LogP contribution in [0.3, 0.4) is 0 Å². The van der Waals surface area contributed by atoms with Crippen LogP contribution in [0.25, 0.3) is 0 Å². The van der Waals surface area contributed by atoms with Crippen LogP contribution in [0.2, 0.25) is 0 Å². The van der Waals surface area contributed by atoms with E-state index in [0.717, 1.165) is 0 Å². The highest BCUT2D eigenvalue weighted by molar-refractivity contribution is 5.83. The molecule has 0 aliphatic rings. The van der Waals surface area contributed by atoms with E-state index in [0.29, 0.717) is 0 Å². The van der Waals surface area contributed by atoms with Crippen molar-refractivity contribution < 1.29 is 19.8 Å². The molecule has 0 aromatic heterocycles. The van der Waals surface area contributed by atoms with Gasteiger partial charge in [0.2, 0.25) is 0 Å². The number of carbonyl (C=O) groups is 2. The summed E-state index contributed by atoms with van der Waals surface area (Å²) >= 11 is 0. The molecule has 0 rings (SSSR count). The van der Waals surface area contributed by atoms with E-state index in [9.17, 15) is 19.8 Å². The fourth-order valence-electron chi connectivity index (χ4n) is 0. The van der Waals surface area contributed by atoms with Gasteiger partial charge in [-0.2, -0.15) is 0 Å². The fraction of sp³-hybridized carbons (Fsp3) is 0.125. The molecular weight excluding hydrogens is 256 g/mol. The largest absolute Gasteiger partial charge is 0.545 e. The number of hydrogen-bond donors (Lipinski definition) is 0. The summed E-state index contributed by atoms with van der Waals surface area (Å²) in [4.78, 5) is 19.0. The molecule has 116 valence electrons. The van der Waals surface area contributed by atoms with E-state index in [1.54, 1.807) is 0 Å². The molecular formula is C16H26O4-2. The lowest BCUT2D eigenvalue weighted by Crippen LogP contribution is -2.22. The van der Waals surface area contributed by atoms with Gasteiger partial charge in [0.15, 0.2) is 0 Å². The maximum Gasteiger partial charge on any atom is 0.0666 e. The predicted molar refractivity (Wildman–Crippen MR) is 84.7 cm³/mol. The van der Waals surface area contributed by atoms with Crippen molar-refractivity contribution in [1.29, 1.82) is 0 Å². The third-order valence-electron chi connectivity index (χ3n) is 0.697. The van der Waals surface area contributed by atoms with Gasteiger partial charge in [-0.05, 0) is 25.0 Å². The van der Waals surface area contributed by atoms with Crippen molar-refractivity contribution in [2.24, 2.45) is 0 Å². The minimum absolute atomic E-state index is 0.0648. The zero-order valence-electron chi connectivity index (χ0n) is 12.7. The molecule has 0 fully saturated rings. The Hall–Kier alpha value is -2.62. The van der Waals surface area contributed by atoms with Gasteiger partial charge in [-0.3, -0.25) is 0 Å². The average Bonchev–Trinajstić information content (AvgIpc) is 2.48. The molecule has 4 nitrogen and oxygen atoms in total. The lowest BCUT2D eigenvalue weighted by molar-refractivity contribution is -0.300. The van der Waals surface area contributed by atoms with Crippen LogP contribution in [-0.2, 0) is 9.59 Å². The highest BCUT2D eigenvalue weighted by Gasteiger charge is 1.76. The summed E-state index contributed by atoms with van der Waals surface area (Å²) in [7, 11) is 0. The van der Waals surface area contributed by atoms with Crippen molar-refractivity contribution in [2.75, 3.05) is 0 Å². The van der Waals surface area contributed by atoms with Crippen molar-refractivity contribution in [3.63, 3.8) is 0 Å². The minimum atomic E-state index is -1.19. The molecule has 0 aliphatic carbocycles. The van der Waals surface area contributed by atoms with Gasteiger partial charge in [0.05, 0.1) is 11.9 Å². The van der Waals surface area contributed by atoms with Crippen LogP contribution in [0.5, 0.6) is 0 Å². The number of aliphatic carboxylic acids is 2. The van der Waals surface area contributed by atoms with Crippen LogP contribution in [0.1, 0.15) is 13.8 Å². The van der Waals surface area contributed by atoms with Gasteiger partial charge in [0, 0.05) is 0 Å². The summed E-state index contributed by atoms with van der Waals surface area (Å²) in [5.41, 5.74) is 0.130. The Balaban J connectivity index is -0.0000000328. The van der Waals surface area contributed by atoms with E-state index in [2.05, 4.69) is 65.8 Å². The van der Waals surface area contributed by atoms with Gasteiger partial charge in [0.25, 0.3) is 0 Å². The van der Waals surface area contributed by atoms with Crippen LogP contribution in [0.15, 0.2) is 76.9 Å². The van der Waals surface area contributed by atoms with Crippen LogP contribution in [-0.4, -0.2) is 11.9 Å². The van der Waals surface area contributed by atoms with E-state index in [1.807, 2.05) is 0 Å². The van der Waals surface area contributed by atoms with Crippen LogP contribution in [0.4, 0.5) is 0 Å². The SMILES string of the molecule is C=C.C=C.C=C.C=C.C=C(C)C(=O)[O-].C=C(C)C(=O)[O-]. The summed E-state index contributed by atoms with van der Waals surface area (Å²) in [5, 5.41) is 19.0. The molecule has 0 atom stereocenters. The quantitative estimate of drug-likeness (QED) is 0.571. The number of hydrogen-bond acceptors (Lipinski definition) is 4. The number of carboxylic acids is 2. The first-order chi connectivity index (χ1) is 9.29. The van der Waals surface area contributed by atoms with Crippen molar-refractivity contribution in [1.82, 2.24) is 0 Å². The molecule has 0 unspecified atom stereocenters. The standard InChI is InChI=1S/2C4H6O2.4C2H4/c2*1-3(2)4(5)6;4*1-2/h2*1H2,2H3,(H,5,6);4*1-2H2/p-2. The molecule has 0 N–H and O–H groups in total. The molecule has 0 bridgehead atoms. The van der Waals surface area contributed by atoms with E-state index in [-0.39, 0.29) is 11.1 Å². The molecule has 0 spiro atoms. The lowest BCUT2D eigenvalue weighted by Gasteiger charge is -1.93. The van der Waals surface area contributed by atoms with Gasteiger partial charge in [-0.25, -0.2) is 0 Å². The molecule has 0 aromatic carbocycles. The lowest BCUT2D eigenvalue weighted by atomic mass is 10.4. The third kappa shape index (κ3) is 110. The van der Waals surface area contributed by atoms with Crippen LogP contribution < -0.4 is 10.2 Å². The Morgan fingerprint density at radius 3 is 0.650 bits per heavy atom. The van der Waals surface area contributed by atoms with E-state index in [4.69, 9.17) is 0 Å². The predicted octanol–water partition coefficient (Wildman–Crippen LogP) is 1.83. The van der Waals surface area contributed by atoms with Gasteiger partial charge in [-0.1, -0.05) is 13.2 Å². The maximum absolute atomic E-state index is 9.49. The second-order valence-corrected chi connectivity index (χ2v) is 2.14. The summed E-state index contributed by atoms with van der Waals surface area (Å²) < 4.78 is 0. The molecule has 0 aromatic rings. The second kappa shape index (κ2) is 44.0. The monoisotopic (exact) mass is 282 g/mol. The minimum Gasteiger partial charge on any atom is -0.545 e. The van der Waals surface area contributed by atoms with Crippen LogP contribution in [0, 0.1) is 0 Å². The molecule has 0 aliphatic heterocycles. The Morgan fingerprint density at radius 1 is 0.600 bits per heavy atom. The number of rotatable bonds is 2. The summed E-state index contributed by atoms with van der Waals surface area (Å²) in [5.74, 6) is -2.37. The highest BCUT2D eigenvalue weighted by Crippen LogP contribution is 1.77. The van der Waals surface area contributed by atoms with Gasteiger partial charge >= 0.3 is 0 Å². The molecule has 0 saturated carbocycles. The topological polar surface area (TPSA) is 80.3 Å². The van der Waals surface area contributed by atoms with E-state index >= 15 is 0 Å². The average molecular weight is 282 g/mol. The number of carboxylic acid groups (broad SMARTS) is 2. The molecule has 20 heavy (non-hydrogen) atoms. The first-order valence-electron chi connectivity index (χ1n) is 5.02. The first kappa shape index (κ1) is 36.0. The molecule has 0 heterocycles. The van der Waals surface area contributed by atoms with Gasteiger partial charge in [-0.15, -0.1) is 52.6 Å². The summed E-state index contributed by atoms with van der Waals surface area (Å²) in [6.07, 6.45) is 0. The normalized spacial score (nSPS) is 5.30. The van der Waals surface area contributed by atoms with Crippen molar-refractivity contribution in [2.45, 2.75) is 13.8 Å². The first-order valence-corrected chi connectivity index (χ1v) is 5.02. The van der Waals surface area contributed by atoms with E-state index in [1.165, 1.54) is 13.8 Å². The van der Waals surface area contributed by atoms with Crippen molar-refractivity contribution >= 4 is 11.9 Å². The van der Waals surface area contributed by atoms with Gasteiger partial charge in [0.1, 0.15) is 0 Å². The smallest absolute Gasteiger partial charge is 0.0666 e. The molecule has 0 saturated heterocycles. The zero-order valence-corrected chi connectivity index (χ0v) is 12.7. The maximum atomic E-state index is 9.49. The third-order valence-corrected chi connectivity index (χ3v) is 0.697. The summed E-state index contributed by atoms with van der Waals surface area (Å²) in [6.45, 7) is 33.0. The Bertz CT molecular complexity index is 212. The zero-order chi connectivity index (χ0) is 18.3.